The monoisotopic (exact) mass is 956 g/mol. The number of benzene rings is 5. The molecule has 0 saturated carbocycles. The molecular weight excluding hydrogens is 903 g/mol. The van der Waals surface area contributed by atoms with Gasteiger partial charge in [0.25, 0.3) is 0 Å². The average molecular weight is 957 g/mol. The fraction of sp³-hybridized carbons (Fsp3) is 0.294. The maximum absolute atomic E-state index is 14.8. The molecule has 68 heavy (non-hydrogen) atoms. The molecule has 1 unspecified atom stereocenters. The van der Waals surface area contributed by atoms with E-state index in [1.54, 1.807) is 19.1 Å². The van der Waals surface area contributed by atoms with Crippen LogP contribution in [0.5, 0.6) is 0 Å². The molecule has 5 amide bonds. The Hall–Kier alpha value is -6.82. The van der Waals surface area contributed by atoms with Crippen LogP contribution in [0.1, 0.15) is 32.6 Å². The van der Waals surface area contributed by atoms with Crippen LogP contribution in [0.2, 0.25) is 0 Å². The van der Waals surface area contributed by atoms with Crippen LogP contribution in [0.3, 0.4) is 0 Å². The fourth-order valence-corrected chi connectivity index (χ4v) is 11.5. The van der Waals surface area contributed by atoms with Gasteiger partial charge in [0, 0.05) is 115 Å². The Kier molecular flexibility index (Phi) is 14.4. The van der Waals surface area contributed by atoms with Crippen LogP contribution in [0.25, 0.3) is 33.4 Å². The standard InChI is InChI=1S/C51H53N7O8S2/c1-33(49(61)53-25-22-46(52)59)31-67-44-30-47(60)58(51(44)63)32-54-50(62)34-23-26-57(27-24-34)68(64,65)45-17-11-10-16-41(45)48-39-20-18-37(55(2)35-12-6-4-7-13-35)28-42(39)66-43-29-38(19-21-40(43)48)56(3)36-14-8-5-9-15-36/h4-21,28-29,33-34,44H,22-27,30-32H2,1-3H3,(H3-,52,53,54,59,61,62)/p+1/t33-,44?/m0/s1. The largest absolute Gasteiger partial charge is 0.456 e. The summed E-state index contributed by atoms with van der Waals surface area (Å²) in [7, 11) is -0.135. The first-order valence-electron chi connectivity index (χ1n) is 22.5. The van der Waals surface area contributed by atoms with Gasteiger partial charge in [-0.2, -0.15) is 8.88 Å². The highest BCUT2D eigenvalue weighted by Crippen LogP contribution is 2.44. The predicted molar refractivity (Wildman–Crippen MR) is 263 cm³/mol. The van der Waals surface area contributed by atoms with Gasteiger partial charge in [-0.25, -0.2) is 8.42 Å². The summed E-state index contributed by atoms with van der Waals surface area (Å²) in [4.78, 5) is 66.0. The molecule has 352 valence electrons. The minimum Gasteiger partial charge on any atom is -0.456 e. The molecule has 1 aliphatic carbocycles. The van der Waals surface area contributed by atoms with Gasteiger partial charge in [-0.15, -0.1) is 11.8 Å². The number of hydrogen-bond acceptors (Lipinski definition) is 10. The highest BCUT2D eigenvalue weighted by atomic mass is 32.2. The van der Waals surface area contributed by atoms with Crippen molar-refractivity contribution >= 4 is 79.4 Å². The fourth-order valence-electron chi connectivity index (χ4n) is 8.64. The van der Waals surface area contributed by atoms with Crippen molar-refractivity contribution in [3.05, 3.63) is 127 Å². The topological polar surface area (TPSA) is 195 Å². The number of nitrogens with one attached hydrogen (secondary N) is 2. The van der Waals surface area contributed by atoms with Crippen molar-refractivity contribution in [2.75, 3.05) is 51.1 Å². The van der Waals surface area contributed by atoms with Crippen LogP contribution in [0, 0.1) is 11.8 Å². The SMILES string of the molecule is C[C@@H](CSC1CC(=O)N(CNC(=O)C2CCN(S(=O)(=O)c3ccccc3-c3c4ccc(=[N+](C)c5ccccc5)cc-4oc4cc(N(C)c5ccccc5)ccc34)CC2)C1=O)C(=O)NCCC(N)=O. The van der Waals surface area contributed by atoms with Crippen molar-refractivity contribution in [1.82, 2.24) is 24.4 Å². The molecule has 3 aliphatic heterocycles. The lowest BCUT2D eigenvalue weighted by Crippen LogP contribution is -2.46. The van der Waals surface area contributed by atoms with Gasteiger partial charge in [-0.3, -0.25) is 28.9 Å². The second-order valence-corrected chi connectivity index (χ2v) is 20.2. The lowest BCUT2D eigenvalue weighted by Gasteiger charge is -2.31. The molecule has 0 spiro atoms. The number of carbonyl (C=O) groups is 5. The molecule has 4 aromatic rings. The summed E-state index contributed by atoms with van der Waals surface area (Å²) in [6, 6.07) is 38.8. The van der Waals surface area contributed by atoms with E-state index in [9.17, 15) is 32.4 Å². The number of nitrogens with two attached hydrogens (primary N) is 1. The average Bonchev–Trinajstić information content (AvgIpc) is 3.63. The number of hydrogen-bond donors (Lipinski definition) is 3. The molecule has 4 N–H and O–H groups in total. The molecule has 3 heterocycles. The van der Waals surface area contributed by atoms with E-state index in [-0.39, 0.29) is 74.4 Å². The summed E-state index contributed by atoms with van der Waals surface area (Å²) in [6.45, 7) is 1.67. The van der Waals surface area contributed by atoms with E-state index in [0.29, 0.717) is 22.5 Å². The molecule has 0 aromatic heterocycles. The van der Waals surface area contributed by atoms with Crippen molar-refractivity contribution in [3.63, 3.8) is 0 Å². The second-order valence-electron chi connectivity index (χ2n) is 17.1. The van der Waals surface area contributed by atoms with Crippen LogP contribution < -0.4 is 31.2 Å². The molecular formula is C51H54N7O8S2+. The van der Waals surface area contributed by atoms with Crippen molar-refractivity contribution in [2.24, 2.45) is 17.6 Å². The minimum atomic E-state index is -4.10. The Morgan fingerprint density at radius 2 is 1.56 bits per heavy atom. The predicted octanol–water partition coefficient (Wildman–Crippen LogP) is 5.67. The molecule has 2 atom stereocenters. The Labute approximate surface area is 399 Å². The number of nitrogens with zero attached hydrogens (tertiary/aromatic N) is 4. The highest BCUT2D eigenvalue weighted by Gasteiger charge is 2.40. The van der Waals surface area contributed by atoms with Gasteiger partial charge in [0.15, 0.2) is 0 Å². The third-order valence-corrected chi connectivity index (χ3v) is 16.0. The van der Waals surface area contributed by atoms with Crippen LogP contribution in [0.4, 0.5) is 17.1 Å². The normalized spacial score (nSPS) is 16.8. The number of fused-ring (bicyclic) bond motifs is 2. The first kappa shape index (κ1) is 47.7. The third kappa shape index (κ3) is 10.2. The van der Waals surface area contributed by atoms with Gasteiger partial charge < -0.3 is 25.7 Å². The van der Waals surface area contributed by atoms with Crippen LogP contribution in [0.15, 0.2) is 131 Å². The van der Waals surface area contributed by atoms with Gasteiger partial charge in [0.05, 0.1) is 16.2 Å². The zero-order valence-electron chi connectivity index (χ0n) is 38.1. The Bertz CT molecular complexity index is 3030. The zero-order valence-corrected chi connectivity index (χ0v) is 39.7. The number of primary amides is 1. The van der Waals surface area contributed by atoms with Crippen molar-refractivity contribution in [3.8, 4) is 22.5 Å². The smallest absolute Gasteiger partial charge is 0.244 e. The van der Waals surface area contributed by atoms with E-state index >= 15 is 0 Å². The van der Waals surface area contributed by atoms with Crippen LogP contribution in [-0.2, 0) is 34.0 Å². The van der Waals surface area contributed by atoms with E-state index < -0.39 is 44.8 Å². The summed E-state index contributed by atoms with van der Waals surface area (Å²) in [5.74, 6) is -2.25. The molecule has 8 rings (SSSR count). The Morgan fingerprint density at radius 3 is 2.28 bits per heavy atom. The van der Waals surface area contributed by atoms with Gasteiger partial charge >= 0.3 is 0 Å². The highest BCUT2D eigenvalue weighted by molar-refractivity contribution is 8.00. The molecule has 4 aliphatic rings. The molecule has 0 bridgehead atoms. The second kappa shape index (κ2) is 20.6. The van der Waals surface area contributed by atoms with Gasteiger partial charge in [0.1, 0.15) is 25.1 Å². The first-order chi connectivity index (χ1) is 32.7. The minimum absolute atomic E-state index is 0.0159. The van der Waals surface area contributed by atoms with Gasteiger partial charge in [-0.1, -0.05) is 61.5 Å². The van der Waals surface area contributed by atoms with E-state index in [1.807, 2.05) is 123 Å². The van der Waals surface area contributed by atoms with Crippen LogP contribution >= 0.6 is 11.8 Å². The maximum atomic E-state index is 14.8. The van der Waals surface area contributed by atoms with Gasteiger partial charge in [-0.05, 0) is 49.2 Å². The number of thioether (sulfide) groups is 1. The first-order valence-corrected chi connectivity index (χ1v) is 25.0. The number of piperidine rings is 1. The summed E-state index contributed by atoms with van der Waals surface area (Å²) < 4.78 is 39.8. The molecule has 4 aromatic carbocycles. The van der Waals surface area contributed by atoms with Gasteiger partial charge in [0.2, 0.25) is 50.6 Å². The Balaban J connectivity index is 0.998. The maximum Gasteiger partial charge on any atom is 0.244 e. The molecule has 17 heteroatoms. The van der Waals surface area contributed by atoms with E-state index in [2.05, 4.69) is 20.1 Å². The van der Waals surface area contributed by atoms with Crippen LogP contribution in [-0.4, -0.2) is 98.6 Å². The number of likely N-dealkylation sites (tertiary alicyclic amines) is 1. The molecule has 2 saturated heterocycles. The van der Waals surface area contributed by atoms with Crippen molar-refractivity contribution < 1.29 is 36.8 Å². The number of para-hydroxylation sites is 2. The number of carbonyl (C=O) groups excluding carboxylic acids is 5. The lowest BCUT2D eigenvalue weighted by atomic mass is 9.93. The Morgan fingerprint density at radius 1 is 0.868 bits per heavy atom. The summed E-state index contributed by atoms with van der Waals surface area (Å²) in [6.07, 6.45) is 0.425. The zero-order chi connectivity index (χ0) is 48.1. The third-order valence-electron chi connectivity index (χ3n) is 12.6. The molecule has 2 fully saturated rings. The van der Waals surface area contributed by atoms with E-state index in [1.165, 1.54) is 16.1 Å². The molecule has 15 nitrogen and oxygen atoms in total. The molecule has 0 radical (unpaired) electrons. The summed E-state index contributed by atoms with van der Waals surface area (Å²) in [5, 5.41) is 6.29. The van der Waals surface area contributed by atoms with E-state index in [0.717, 1.165) is 38.3 Å². The number of imide groups is 1. The van der Waals surface area contributed by atoms with Crippen molar-refractivity contribution in [2.45, 2.75) is 42.8 Å². The quantitative estimate of drug-likeness (QED) is 0.0618. The number of amides is 5. The number of anilines is 2. The van der Waals surface area contributed by atoms with Crippen molar-refractivity contribution in [1.29, 1.82) is 0 Å². The summed E-state index contributed by atoms with van der Waals surface area (Å²) in [5.41, 5.74) is 10.5. The lowest BCUT2D eigenvalue weighted by molar-refractivity contribution is -0.139. The summed E-state index contributed by atoms with van der Waals surface area (Å²) >= 11 is 1.19. The van der Waals surface area contributed by atoms with E-state index in [4.69, 9.17) is 10.2 Å². The number of rotatable bonds is 16. The number of sulfonamides is 1.